The standard InChI is InChI=1S/C12H18FN3O/c1-3-5-6-8-17-11-10(13)9-15-12(16-11)14-7-4-2/h3,9H,1,4-8H2,2H3,(H,14,15,16). The SMILES string of the molecule is C=CCCCOc1nc(NCCC)ncc1F. The highest BCUT2D eigenvalue weighted by Crippen LogP contribution is 2.14. The Morgan fingerprint density at radius 3 is 3.12 bits per heavy atom. The van der Waals surface area contributed by atoms with Crippen molar-refractivity contribution in [3.8, 4) is 5.88 Å². The van der Waals surface area contributed by atoms with E-state index in [1.807, 2.05) is 6.92 Å². The van der Waals surface area contributed by atoms with Crippen LogP contribution in [-0.2, 0) is 0 Å². The van der Waals surface area contributed by atoms with E-state index in [1.165, 1.54) is 0 Å². The second-order valence-corrected chi connectivity index (χ2v) is 3.55. The molecule has 1 heterocycles. The van der Waals surface area contributed by atoms with Gasteiger partial charge in [-0.15, -0.1) is 6.58 Å². The maximum atomic E-state index is 13.3. The van der Waals surface area contributed by atoms with Gasteiger partial charge in [-0.25, -0.2) is 4.98 Å². The molecule has 0 aliphatic rings. The van der Waals surface area contributed by atoms with Crippen LogP contribution in [0.25, 0.3) is 0 Å². The van der Waals surface area contributed by atoms with Crippen molar-refractivity contribution in [3.05, 3.63) is 24.7 Å². The number of rotatable bonds is 8. The molecule has 0 aromatic carbocycles. The number of unbranched alkanes of at least 4 members (excludes halogenated alkanes) is 1. The third-order valence-corrected chi connectivity index (χ3v) is 2.04. The lowest BCUT2D eigenvalue weighted by Crippen LogP contribution is -2.07. The van der Waals surface area contributed by atoms with Crippen molar-refractivity contribution in [1.29, 1.82) is 0 Å². The summed E-state index contributed by atoms with van der Waals surface area (Å²) in [6.45, 7) is 6.81. The Kier molecular flexibility index (Phi) is 5.99. The Balaban J connectivity index is 2.53. The van der Waals surface area contributed by atoms with Gasteiger partial charge in [-0.05, 0) is 19.3 Å². The molecule has 4 nitrogen and oxygen atoms in total. The van der Waals surface area contributed by atoms with E-state index < -0.39 is 5.82 Å². The number of hydrogen-bond acceptors (Lipinski definition) is 4. The molecule has 0 spiro atoms. The van der Waals surface area contributed by atoms with Crippen LogP contribution >= 0.6 is 0 Å². The molecule has 5 heteroatoms. The van der Waals surface area contributed by atoms with Gasteiger partial charge in [0.05, 0.1) is 12.8 Å². The Hall–Kier alpha value is -1.65. The number of hydrogen-bond donors (Lipinski definition) is 1. The van der Waals surface area contributed by atoms with Gasteiger partial charge in [-0.2, -0.15) is 9.37 Å². The third kappa shape index (κ3) is 4.80. The van der Waals surface area contributed by atoms with Crippen molar-refractivity contribution in [2.75, 3.05) is 18.5 Å². The highest BCUT2D eigenvalue weighted by atomic mass is 19.1. The fraction of sp³-hybridized carbons (Fsp3) is 0.500. The van der Waals surface area contributed by atoms with Gasteiger partial charge in [0.1, 0.15) is 0 Å². The molecule has 1 aromatic heterocycles. The average Bonchev–Trinajstić information content (AvgIpc) is 2.35. The number of nitrogens with zero attached hydrogens (tertiary/aromatic N) is 2. The molecule has 0 saturated heterocycles. The molecule has 0 aliphatic heterocycles. The summed E-state index contributed by atoms with van der Waals surface area (Å²) in [5, 5.41) is 2.98. The van der Waals surface area contributed by atoms with E-state index >= 15 is 0 Å². The number of nitrogens with one attached hydrogen (secondary N) is 1. The zero-order valence-electron chi connectivity index (χ0n) is 10.1. The molecule has 0 atom stereocenters. The molecule has 0 bridgehead atoms. The van der Waals surface area contributed by atoms with Crippen LogP contribution in [0.2, 0.25) is 0 Å². The van der Waals surface area contributed by atoms with Gasteiger partial charge in [-0.3, -0.25) is 0 Å². The summed E-state index contributed by atoms with van der Waals surface area (Å²) in [7, 11) is 0. The third-order valence-electron chi connectivity index (χ3n) is 2.04. The number of ether oxygens (including phenoxy) is 1. The van der Waals surface area contributed by atoms with Crippen molar-refractivity contribution in [3.63, 3.8) is 0 Å². The fourth-order valence-corrected chi connectivity index (χ4v) is 1.17. The van der Waals surface area contributed by atoms with Crippen LogP contribution in [0.3, 0.4) is 0 Å². The molecule has 0 radical (unpaired) electrons. The van der Waals surface area contributed by atoms with Gasteiger partial charge in [0, 0.05) is 6.54 Å². The molecule has 0 aliphatic carbocycles. The van der Waals surface area contributed by atoms with Crippen LogP contribution in [0.1, 0.15) is 26.2 Å². The molecule has 0 saturated carbocycles. The lowest BCUT2D eigenvalue weighted by molar-refractivity contribution is 0.283. The predicted molar refractivity (Wildman–Crippen MR) is 65.7 cm³/mol. The van der Waals surface area contributed by atoms with E-state index in [2.05, 4.69) is 21.9 Å². The van der Waals surface area contributed by atoms with Crippen LogP contribution in [0, 0.1) is 5.82 Å². The molecular formula is C12H18FN3O. The Labute approximate surface area is 101 Å². The van der Waals surface area contributed by atoms with Crippen molar-refractivity contribution in [2.24, 2.45) is 0 Å². The average molecular weight is 239 g/mol. The minimum absolute atomic E-state index is 0.00247. The first-order chi connectivity index (χ1) is 8.27. The van der Waals surface area contributed by atoms with E-state index in [0.717, 1.165) is 32.0 Å². The summed E-state index contributed by atoms with van der Waals surface area (Å²) in [4.78, 5) is 7.79. The van der Waals surface area contributed by atoms with E-state index in [0.29, 0.717) is 12.6 Å². The first-order valence-electron chi connectivity index (χ1n) is 5.78. The normalized spacial score (nSPS) is 10.0. The topological polar surface area (TPSA) is 47.0 Å². The van der Waals surface area contributed by atoms with Crippen LogP contribution in [-0.4, -0.2) is 23.1 Å². The molecule has 1 N–H and O–H groups in total. The number of allylic oxidation sites excluding steroid dienone is 1. The van der Waals surface area contributed by atoms with Gasteiger partial charge < -0.3 is 10.1 Å². The number of anilines is 1. The van der Waals surface area contributed by atoms with Gasteiger partial charge in [-0.1, -0.05) is 13.0 Å². The highest BCUT2D eigenvalue weighted by Gasteiger charge is 2.07. The summed E-state index contributed by atoms with van der Waals surface area (Å²) in [5.41, 5.74) is 0. The summed E-state index contributed by atoms with van der Waals surface area (Å²) < 4.78 is 18.5. The highest BCUT2D eigenvalue weighted by molar-refractivity contribution is 5.28. The van der Waals surface area contributed by atoms with Crippen molar-refractivity contribution in [1.82, 2.24) is 9.97 Å². The maximum Gasteiger partial charge on any atom is 0.255 e. The van der Waals surface area contributed by atoms with Crippen molar-refractivity contribution >= 4 is 5.95 Å². The van der Waals surface area contributed by atoms with E-state index in [-0.39, 0.29) is 5.88 Å². The minimum Gasteiger partial charge on any atom is -0.475 e. The van der Waals surface area contributed by atoms with E-state index in [4.69, 9.17) is 4.74 Å². The van der Waals surface area contributed by atoms with Crippen LogP contribution in [0.5, 0.6) is 5.88 Å². The Morgan fingerprint density at radius 2 is 2.41 bits per heavy atom. The number of halogens is 1. The first kappa shape index (κ1) is 13.4. The predicted octanol–water partition coefficient (Wildman–Crippen LogP) is 2.78. The minimum atomic E-state index is -0.536. The monoisotopic (exact) mass is 239 g/mol. The van der Waals surface area contributed by atoms with Crippen LogP contribution < -0.4 is 10.1 Å². The van der Waals surface area contributed by atoms with Crippen molar-refractivity contribution < 1.29 is 9.13 Å². The van der Waals surface area contributed by atoms with Gasteiger partial charge in [0.2, 0.25) is 11.8 Å². The molecule has 0 amide bonds. The molecular weight excluding hydrogens is 221 g/mol. The van der Waals surface area contributed by atoms with Gasteiger partial charge >= 0.3 is 0 Å². The van der Waals surface area contributed by atoms with Crippen LogP contribution in [0.4, 0.5) is 10.3 Å². The summed E-state index contributed by atoms with van der Waals surface area (Å²) >= 11 is 0. The van der Waals surface area contributed by atoms with E-state index in [1.54, 1.807) is 6.08 Å². The quantitative estimate of drug-likeness (QED) is 0.559. The smallest absolute Gasteiger partial charge is 0.255 e. The lowest BCUT2D eigenvalue weighted by atomic mass is 10.3. The summed E-state index contributed by atoms with van der Waals surface area (Å²) in [5.74, 6) is -0.139. The lowest BCUT2D eigenvalue weighted by Gasteiger charge is -2.07. The molecule has 94 valence electrons. The number of aromatic nitrogens is 2. The van der Waals surface area contributed by atoms with Gasteiger partial charge in [0.15, 0.2) is 0 Å². The molecule has 0 fully saturated rings. The molecule has 1 rings (SSSR count). The summed E-state index contributed by atoms with van der Waals surface area (Å²) in [6.07, 6.45) is 5.51. The second kappa shape index (κ2) is 7.60. The molecule has 0 unspecified atom stereocenters. The van der Waals surface area contributed by atoms with Crippen LogP contribution in [0.15, 0.2) is 18.9 Å². The second-order valence-electron chi connectivity index (χ2n) is 3.55. The van der Waals surface area contributed by atoms with E-state index in [9.17, 15) is 4.39 Å². The Bertz CT molecular complexity index is 358. The largest absolute Gasteiger partial charge is 0.475 e. The Morgan fingerprint density at radius 1 is 1.59 bits per heavy atom. The fourth-order valence-electron chi connectivity index (χ4n) is 1.17. The van der Waals surface area contributed by atoms with Crippen molar-refractivity contribution in [2.45, 2.75) is 26.2 Å². The first-order valence-corrected chi connectivity index (χ1v) is 5.78. The van der Waals surface area contributed by atoms with Gasteiger partial charge in [0.25, 0.3) is 5.88 Å². The molecule has 1 aromatic rings. The zero-order chi connectivity index (χ0) is 12.5. The molecule has 17 heavy (non-hydrogen) atoms. The zero-order valence-corrected chi connectivity index (χ0v) is 10.1. The summed E-state index contributed by atoms with van der Waals surface area (Å²) in [6, 6.07) is 0. The maximum absolute atomic E-state index is 13.3.